The number of fused-ring (bicyclic) bond motifs is 1. The van der Waals surface area contributed by atoms with Crippen LogP contribution in [0.4, 0.5) is 5.95 Å². The number of hydrogen-bond acceptors (Lipinski definition) is 8. The van der Waals surface area contributed by atoms with E-state index in [0.29, 0.717) is 12.5 Å². The molecule has 3 N–H and O–H groups in total. The number of piperidine rings is 1. The molecule has 0 spiro atoms. The molecule has 0 saturated carbocycles. The zero-order valence-electron chi connectivity index (χ0n) is 17.6. The minimum absolute atomic E-state index is 0.0923. The lowest BCUT2D eigenvalue weighted by Gasteiger charge is -2.27. The van der Waals surface area contributed by atoms with E-state index in [9.17, 15) is 19.2 Å². The summed E-state index contributed by atoms with van der Waals surface area (Å²) in [5.74, 6) is -0.682. The van der Waals surface area contributed by atoms with Gasteiger partial charge in [0.25, 0.3) is 11.8 Å². The second-order valence-electron chi connectivity index (χ2n) is 8.25. The van der Waals surface area contributed by atoms with Gasteiger partial charge in [-0.05, 0) is 43.5 Å². The van der Waals surface area contributed by atoms with E-state index in [1.807, 2.05) is 7.05 Å². The van der Waals surface area contributed by atoms with Crippen molar-refractivity contribution in [3.8, 4) is 0 Å². The molecule has 0 aliphatic carbocycles. The fourth-order valence-corrected chi connectivity index (χ4v) is 4.42. The molecule has 2 saturated heterocycles. The maximum Gasteiger partial charge on any atom is 0.262 e. The minimum atomic E-state index is -0.970. The van der Waals surface area contributed by atoms with Gasteiger partial charge in [-0.25, -0.2) is 4.68 Å². The van der Waals surface area contributed by atoms with Gasteiger partial charge in [-0.15, -0.1) is 0 Å². The van der Waals surface area contributed by atoms with Crippen LogP contribution in [0.2, 0.25) is 0 Å². The Bertz CT molecular complexity index is 1140. The SMILES string of the molecule is Cn1nc([C@H]2CCCN2)nc1NCc1ccc2c(c1)C(=O)N(C1CCC(=O)NC1=O)C2=O. The zero-order valence-corrected chi connectivity index (χ0v) is 17.6. The molecule has 2 atom stereocenters. The van der Waals surface area contributed by atoms with Crippen LogP contribution in [0.5, 0.6) is 0 Å². The third-order valence-corrected chi connectivity index (χ3v) is 6.11. The summed E-state index contributed by atoms with van der Waals surface area (Å²) in [7, 11) is 1.82. The molecule has 0 bridgehead atoms. The first-order valence-electron chi connectivity index (χ1n) is 10.6. The summed E-state index contributed by atoms with van der Waals surface area (Å²) in [5.41, 5.74) is 1.31. The number of aryl methyl sites for hydroxylation is 1. The average Bonchev–Trinajstić information content (AvgIpc) is 3.48. The van der Waals surface area contributed by atoms with Gasteiger partial charge in [-0.3, -0.25) is 29.4 Å². The van der Waals surface area contributed by atoms with Crippen molar-refractivity contribution in [3.05, 3.63) is 40.7 Å². The highest BCUT2D eigenvalue weighted by Gasteiger charge is 2.44. The lowest BCUT2D eigenvalue weighted by atomic mass is 10.0. The number of aromatic nitrogens is 3. The standard InChI is InChI=1S/C21H23N7O4/c1-27-21(25-17(26-27)14-3-2-8-22-14)23-10-11-4-5-12-13(9-11)20(32)28(19(12)31)15-6-7-16(29)24-18(15)30/h4-5,9,14-15,22H,2-3,6-8,10H2,1H3,(H,23,25,26)(H,24,29,30)/t14-,15?/m1/s1. The molecule has 2 fully saturated rings. The molecule has 4 heterocycles. The van der Waals surface area contributed by atoms with Gasteiger partial charge in [0.1, 0.15) is 6.04 Å². The summed E-state index contributed by atoms with van der Waals surface area (Å²) >= 11 is 0. The number of nitrogens with one attached hydrogen (secondary N) is 3. The maximum absolute atomic E-state index is 13.0. The smallest absolute Gasteiger partial charge is 0.262 e. The van der Waals surface area contributed by atoms with Crippen molar-refractivity contribution in [2.75, 3.05) is 11.9 Å². The van der Waals surface area contributed by atoms with E-state index in [4.69, 9.17) is 0 Å². The van der Waals surface area contributed by atoms with Crippen molar-refractivity contribution in [1.29, 1.82) is 0 Å². The van der Waals surface area contributed by atoms with E-state index in [2.05, 4.69) is 26.0 Å². The van der Waals surface area contributed by atoms with Crippen molar-refractivity contribution in [1.82, 2.24) is 30.3 Å². The van der Waals surface area contributed by atoms with Gasteiger partial charge in [-0.1, -0.05) is 6.07 Å². The molecular weight excluding hydrogens is 414 g/mol. The second kappa shape index (κ2) is 7.83. The summed E-state index contributed by atoms with van der Waals surface area (Å²) in [6.45, 7) is 1.35. The third-order valence-electron chi connectivity index (χ3n) is 6.11. The highest BCUT2D eigenvalue weighted by atomic mass is 16.2. The average molecular weight is 437 g/mol. The predicted octanol–water partition coefficient (Wildman–Crippen LogP) is 0.253. The number of amides is 4. The van der Waals surface area contributed by atoms with Crippen LogP contribution in [0.15, 0.2) is 18.2 Å². The molecule has 11 heteroatoms. The number of benzene rings is 1. The van der Waals surface area contributed by atoms with E-state index in [0.717, 1.165) is 35.7 Å². The van der Waals surface area contributed by atoms with E-state index in [1.165, 1.54) is 0 Å². The zero-order chi connectivity index (χ0) is 22.4. The molecule has 3 aliphatic heterocycles. The number of anilines is 1. The van der Waals surface area contributed by atoms with Crippen molar-refractivity contribution in [2.45, 2.75) is 44.3 Å². The van der Waals surface area contributed by atoms with E-state index in [-0.39, 0.29) is 30.0 Å². The van der Waals surface area contributed by atoms with Crippen LogP contribution in [-0.4, -0.2) is 55.9 Å². The molecule has 4 amide bonds. The van der Waals surface area contributed by atoms with Gasteiger partial charge in [0.05, 0.1) is 17.2 Å². The van der Waals surface area contributed by atoms with Crippen LogP contribution in [0, 0.1) is 0 Å². The fourth-order valence-electron chi connectivity index (χ4n) is 4.42. The molecule has 5 rings (SSSR count). The molecule has 11 nitrogen and oxygen atoms in total. The quantitative estimate of drug-likeness (QED) is 0.566. The van der Waals surface area contributed by atoms with E-state index < -0.39 is 29.7 Å². The van der Waals surface area contributed by atoms with Gasteiger partial charge < -0.3 is 10.6 Å². The minimum Gasteiger partial charge on any atom is -0.350 e. The van der Waals surface area contributed by atoms with Crippen LogP contribution in [-0.2, 0) is 23.2 Å². The fraction of sp³-hybridized carbons (Fsp3) is 0.429. The Morgan fingerprint density at radius 1 is 1.12 bits per heavy atom. The van der Waals surface area contributed by atoms with E-state index in [1.54, 1.807) is 22.9 Å². The normalized spacial score (nSPS) is 23.0. The number of nitrogens with zero attached hydrogens (tertiary/aromatic N) is 4. The summed E-state index contributed by atoms with van der Waals surface area (Å²) in [4.78, 5) is 54.9. The Hall–Kier alpha value is -3.60. The van der Waals surface area contributed by atoms with Crippen LogP contribution >= 0.6 is 0 Å². The van der Waals surface area contributed by atoms with Gasteiger partial charge in [0.2, 0.25) is 17.8 Å². The van der Waals surface area contributed by atoms with Gasteiger partial charge >= 0.3 is 0 Å². The summed E-state index contributed by atoms with van der Waals surface area (Å²) < 4.78 is 1.68. The first-order valence-corrected chi connectivity index (χ1v) is 10.6. The first kappa shape index (κ1) is 20.3. The van der Waals surface area contributed by atoms with Gasteiger partial charge in [-0.2, -0.15) is 10.1 Å². The number of hydrogen-bond donors (Lipinski definition) is 3. The lowest BCUT2D eigenvalue weighted by molar-refractivity contribution is -0.136. The molecule has 3 aliphatic rings. The third kappa shape index (κ3) is 3.44. The molecular formula is C21H23N7O4. The Morgan fingerprint density at radius 3 is 2.69 bits per heavy atom. The molecule has 2 aromatic rings. The summed E-state index contributed by atoms with van der Waals surface area (Å²) in [6, 6.07) is 4.22. The summed E-state index contributed by atoms with van der Waals surface area (Å²) in [5, 5.41) is 13.3. The topological polar surface area (TPSA) is 138 Å². The van der Waals surface area contributed by atoms with Crippen LogP contribution < -0.4 is 16.0 Å². The Kier molecular flexibility index (Phi) is 4.97. The Morgan fingerprint density at radius 2 is 1.94 bits per heavy atom. The summed E-state index contributed by atoms with van der Waals surface area (Å²) in [6.07, 6.45) is 2.33. The first-order chi connectivity index (χ1) is 15.4. The van der Waals surface area contributed by atoms with Crippen molar-refractivity contribution in [3.63, 3.8) is 0 Å². The Balaban J connectivity index is 1.31. The molecule has 32 heavy (non-hydrogen) atoms. The molecule has 1 aromatic carbocycles. The molecule has 0 radical (unpaired) electrons. The molecule has 1 unspecified atom stereocenters. The number of rotatable bonds is 5. The highest BCUT2D eigenvalue weighted by Crippen LogP contribution is 2.28. The Labute approximate surface area is 183 Å². The van der Waals surface area contributed by atoms with Crippen LogP contribution in [0.3, 0.4) is 0 Å². The second-order valence-corrected chi connectivity index (χ2v) is 8.25. The van der Waals surface area contributed by atoms with Gasteiger partial charge in [0, 0.05) is 20.0 Å². The number of carbonyl (C=O) groups is 4. The monoisotopic (exact) mass is 437 g/mol. The van der Waals surface area contributed by atoms with Crippen molar-refractivity contribution >= 4 is 29.6 Å². The number of imide groups is 2. The van der Waals surface area contributed by atoms with Crippen LogP contribution in [0.1, 0.15) is 63.8 Å². The van der Waals surface area contributed by atoms with Crippen molar-refractivity contribution in [2.24, 2.45) is 7.05 Å². The predicted molar refractivity (Wildman–Crippen MR) is 111 cm³/mol. The van der Waals surface area contributed by atoms with Crippen molar-refractivity contribution < 1.29 is 19.2 Å². The number of carbonyl (C=O) groups excluding carboxylic acids is 4. The molecule has 1 aromatic heterocycles. The lowest BCUT2D eigenvalue weighted by Crippen LogP contribution is -2.54. The largest absolute Gasteiger partial charge is 0.350 e. The molecule has 166 valence electrons. The highest BCUT2D eigenvalue weighted by molar-refractivity contribution is 6.23. The van der Waals surface area contributed by atoms with Gasteiger partial charge in [0.15, 0.2) is 5.82 Å². The van der Waals surface area contributed by atoms with E-state index >= 15 is 0 Å². The van der Waals surface area contributed by atoms with Crippen LogP contribution in [0.25, 0.3) is 0 Å². The maximum atomic E-state index is 13.0.